The van der Waals surface area contributed by atoms with E-state index in [9.17, 15) is 32.7 Å². The molecule has 7 atom stereocenters. The molecule has 21 heteroatoms. The minimum Gasteiger partial charge on any atom is -0.491 e. The zero-order chi connectivity index (χ0) is 49.7. The Kier molecular flexibility index (Phi) is 13.9. The molecule has 5 aliphatic heterocycles. The van der Waals surface area contributed by atoms with Gasteiger partial charge in [0.2, 0.25) is 17.7 Å². The molecule has 3 amide bonds. The number of aryl methyl sites for hydroxylation is 2. The van der Waals surface area contributed by atoms with Crippen molar-refractivity contribution in [1.29, 1.82) is 0 Å². The van der Waals surface area contributed by atoms with Gasteiger partial charge in [0.1, 0.15) is 48.6 Å². The molecule has 4 fully saturated rings. The Labute approximate surface area is 408 Å². The predicted octanol–water partition coefficient (Wildman–Crippen LogP) is 5.58. The first-order valence-corrected chi connectivity index (χ1v) is 24.7. The third-order valence-electron chi connectivity index (χ3n) is 13.7. The molecule has 0 saturated carbocycles. The number of thiazole rings is 1. The number of aliphatic hydroxyl groups excluding tert-OH is 1. The molecule has 9 rings (SSSR count). The number of carbonyl (C=O) groups is 3. The SMILES string of the molecule is Cc1ncsc1-c1ccc(CNC(=O)C2CC(O)CN2C(=O)C(NC(=O)CC2O[C@H](COc3ccc(C4CCN(C5=Nn6c(nnc6C(F)(F)F)CC5)CC4)cc3)[C@H]3OC(C)(C)O[C@@H]23)C(C)(C)C)cc1. The van der Waals surface area contributed by atoms with E-state index in [-0.39, 0.29) is 44.3 Å². The van der Waals surface area contributed by atoms with Gasteiger partial charge in [0, 0.05) is 45.4 Å². The zero-order valence-electron chi connectivity index (χ0n) is 40.1. The standard InChI is InChI=1S/C49H60F3N9O8S/c1-27-42(70-26-54-27)31-9-7-28(8-10-31)23-53-44(64)34-21-32(62)24-60(34)45(65)43(47(2,3)4)55-39(63)22-35-40-41(69-48(5,6)68-40)36(67-35)25-66-33-13-11-29(12-14-33)30-17-19-59(20-18-30)38-16-15-37-56-57-46(49(50,51)52)61(37)58-38/h7-14,26,30,32,34-36,40-41,43,62H,15-25H2,1-6H3,(H,53,64)(H,55,63)/t32?,34?,35?,36-,40+,41-,43?/m1/s1. The Morgan fingerprint density at radius 1 is 0.971 bits per heavy atom. The molecule has 0 spiro atoms. The van der Waals surface area contributed by atoms with Gasteiger partial charge in [-0.2, -0.15) is 22.9 Å². The third-order valence-corrected chi connectivity index (χ3v) is 14.7. The molecule has 0 bridgehead atoms. The van der Waals surface area contributed by atoms with E-state index in [0.717, 1.165) is 44.8 Å². The quantitative estimate of drug-likeness (QED) is 0.160. The van der Waals surface area contributed by atoms with E-state index in [0.29, 0.717) is 37.5 Å². The monoisotopic (exact) mass is 991 g/mol. The van der Waals surface area contributed by atoms with Crippen molar-refractivity contribution >= 4 is 34.9 Å². The Bertz CT molecular complexity index is 2570. The first-order valence-electron chi connectivity index (χ1n) is 23.8. The summed E-state index contributed by atoms with van der Waals surface area (Å²) in [5, 5.41) is 27.9. The van der Waals surface area contributed by atoms with Gasteiger partial charge in [-0.3, -0.25) is 14.4 Å². The third kappa shape index (κ3) is 10.7. The summed E-state index contributed by atoms with van der Waals surface area (Å²) < 4.78 is 66.4. The summed E-state index contributed by atoms with van der Waals surface area (Å²) in [6, 6.07) is 13.7. The van der Waals surface area contributed by atoms with Gasteiger partial charge in [0.15, 0.2) is 11.6 Å². The zero-order valence-corrected chi connectivity index (χ0v) is 40.9. The molecule has 4 saturated heterocycles. The number of hydrogen-bond donors (Lipinski definition) is 3. The number of carbonyl (C=O) groups excluding carboxylic acids is 3. The Hall–Kier alpha value is -5.48. The molecule has 70 heavy (non-hydrogen) atoms. The van der Waals surface area contributed by atoms with Crippen LogP contribution in [0, 0.1) is 12.3 Å². The number of halogens is 3. The van der Waals surface area contributed by atoms with Crippen LogP contribution >= 0.6 is 11.3 Å². The predicted molar refractivity (Wildman–Crippen MR) is 250 cm³/mol. The minimum atomic E-state index is -4.64. The average molecular weight is 992 g/mol. The lowest BCUT2D eigenvalue weighted by Crippen LogP contribution is -2.58. The van der Waals surface area contributed by atoms with Gasteiger partial charge in [-0.25, -0.2) is 4.98 Å². The van der Waals surface area contributed by atoms with Crippen molar-refractivity contribution in [2.75, 3.05) is 26.2 Å². The van der Waals surface area contributed by atoms with Crippen LogP contribution in [0.5, 0.6) is 5.75 Å². The second-order valence-electron chi connectivity index (χ2n) is 20.3. The van der Waals surface area contributed by atoms with E-state index < -0.39 is 83.5 Å². The van der Waals surface area contributed by atoms with Crippen LogP contribution in [-0.2, 0) is 47.7 Å². The van der Waals surface area contributed by atoms with E-state index in [4.69, 9.17) is 18.9 Å². The summed E-state index contributed by atoms with van der Waals surface area (Å²) in [6.45, 7) is 12.7. The summed E-state index contributed by atoms with van der Waals surface area (Å²) in [4.78, 5) is 50.7. The largest absolute Gasteiger partial charge is 0.491 e. The van der Waals surface area contributed by atoms with Crippen molar-refractivity contribution in [2.24, 2.45) is 10.5 Å². The summed E-state index contributed by atoms with van der Waals surface area (Å²) in [5.74, 6) is -1.68. The highest BCUT2D eigenvalue weighted by molar-refractivity contribution is 7.13. The molecule has 4 aromatic rings. The van der Waals surface area contributed by atoms with E-state index in [1.807, 2.05) is 81.1 Å². The molecule has 2 aromatic carbocycles. The molecule has 4 unspecified atom stereocenters. The fourth-order valence-corrected chi connectivity index (χ4v) is 10.9. The van der Waals surface area contributed by atoms with Crippen molar-refractivity contribution in [3.63, 3.8) is 0 Å². The Morgan fingerprint density at radius 3 is 2.33 bits per heavy atom. The van der Waals surface area contributed by atoms with Crippen LogP contribution in [0.15, 0.2) is 59.1 Å². The highest BCUT2D eigenvalue weighted by Gasteiger charge is 2.56. The second kappa shape index (κ2) is 19.6. The van der Waals surface area contributed by atoms with Gasteiger partial charge in [-0.1, -0.05) is 57.2 Å². The van der Waals surface area contributed by atoms with Crippen LogP contribution in [0.3, 0.4) is 0 Å². The number of aliphatic hydroxyl groups is 1. The number of nitrogens with one attached hydrogen (secondary N) is 2. The Morgan fingerprint density at radius 2 is 1.67 bits per heavy atom. The number of nitrogens with zero attached hydrogens (tertiary/aromatic N) is 7. The maximum atomic E-state index is 14.3. The summed E-state index contributed by atoms with van der Waals surface area (Å²) >= 11 is 1.56. The van der Waals surface area contributed by atoms with Crippen molar-refractivity contribution < 1.29 is 51.6 Å². The number of amidine groups is 1. The number of aromatic nitrogens is 4. The van der Waals surface area contributed by atoms with Crippen LogP contribution in [0.4, 0.5) is 13.2 Å². The van der Waals surface area contributed by atoms with Crippen molar-refractivity contribution in [3.8, 4) is 16.2 Å². The lowest BCUT2D eigenvalue weighted by molar-refractivity contribution is -0.190. The molecule has 5 aliphatic rings. The van der Waals surface area contributed by atoms with E-state index in [2.05, 4.69) is 30.9 Å². The fourth-order valence-electron chi connectivity index (χ4n) is 10.1. The fraction of sp³-hybridized carbons (Fsp3) is 0.571. The van der Waals surface area contributed by atoms with Gasteiger partial charge in [-0.15, -0.1) is 21.5 Å². The average Bonchev–Trinajstić information content (AvgIpc) is 4.16. The highest BCUT2D eigenvalue weighted by atomic mass is 32.1. The summed E-state index contributed by atoms with van der Waals surface area (Å²) in [6.07, 6.45) is -5.60. The van der Waals surface area contributed by atoms with Crippen LogP contribution in [-0.4, -0.2) is 133 Å². The van der Waals surface area contributed by atoms with Crippen molar-refractivity contribution in [1.82, 2.24) is 40.3 Å². The first-order chi connectivity index (χ1) is 33.2. The number of amides is 3. The van der Waals surface area contributed by atoms with Gasteiger partial charge < -0.3 is 44.5 Å². The van der Waals surface area contributed by atoms with Crippen LogP contribution in [0.2, 0.25) is 0 Å². The van der Waals surface area contributed by atoms with Crippen molar-refractivity contribution in [3.05, 3.63) is 82.5 Å². The molecule has 7 heterocycles. The smallest absolute Gasteiger partial charge is 0.453 e. The molecule has 0 aliphatic carbocycles. The van der Waals surface area contributed by atoms with Gasteiger partial charge in [-0.05, 0) is 73.8 Å². The first kappa shape index (κ1) is 49.5. The summed E-state index contributed by atoms with van der Waals surface area (Å²) in [5.41, 5.74) is 5.03. The number of likely N-dealkylation sites (tertiary alicyclic amines) is 2. The number of alkyl halides is 3. The molecule has 17 nitrogen and oxygen atoms in total. The molecule has 2 aromatic heterocycles. The van der Waals surface area contributed by atoms with Gasteiger partial charge in [0.05, 0.1) is 34.7 Å². The maximum absolute atomic E-state index is 14.3. The van der Waals surface area contributed by atoms with Crippen molar-refractivity contribution in [2.45, 2.75) is 147 Å². The maximum Gasteiger partial charge on any atom is 0.453 e. The number of rotatable bonds is 12. The van der Waals surface area contributed by atoms with E-state index in [1.165, 1.54) is 4.90 Å². The van der Waals surface area contributed by atoms with Crippen LogP contribution in [0.25, 0.3) is 10.4 Å². The number of benzene rings is 2. The van der Waals surface area contributed by atoms with Gasteiger partial charge >= 0.3 is 6.18 Å². The van der Waals surface area contributed by atoms with E-state index in [1.54, 1.807) is 30.7 Å². The molecular weight excluding hydrogens is 932 g/mol. The number of fused-ring (bicyclic) bond motifs is 2. The second-order valence-corrected chi connectivity index (χ2v) is 21.2. The minimum absolute atomic E-state index is 0.0504. The number of ether oxygens (including phenoxy) is 4. The van der Waals surface area contributed by atoms with E-state index >= 15 is 0 Å². The van der Waals surface area contributed by atoms with Gasteiger partial charge in [0.25, 0.3) is 5.82 Å². The number of hydrogen-bond acceptors (Lipinski definition) is 14. The van der Waals surface area contributed by atoms with Crippen LogP contribution in [0.1, 0.15) is 101 Å². The highest BCUT2D eigenvalue weighted by Crippen LogP contribution is 2.41. The molecule has 376 valence electrons. The lowest BCUT2D eigenvalue weighted by Gasteiger charge is -2.35. The topological polar surface area (TPSA) is 195 Å². The number of piperidine rings is 1. The van der Waals surface area contributed by atoms with Crippen LogP contribution < -0.4 is 15.4 Å². The number of β-amino-alcohol motifs (C(OH)–C–C–N with tert-alkyl or cyclic N) is 1. The molecular formula is C49H60F3N9O8S. The molecule has 3 N–H and O–H groups in total. The Balaban J connectivity index is 0.777. The lowest BCUT2D eigenvalue weighted by atomic mass is 9.85. The normalized spacial score (nSPS) is 25.0. The summed E-state index contributed by atoms with van der Waals surface area (Å²) in [7, 11) is 0. The molecule has 0 radical (unpaired) electrons.